The number of amides is 1. The minimum atomic E-state index is -5.18. The molecule has 1 atom stereocenters. The van der Waals surface area contributed by atoms with Crippen LogP contribution in [-0.2, 0) is 14.9 Å². The smallest absolute Gasteiger partial charge is 0.471 e. The minimum absolute atomic E-state index is 0.164. The SMILES string of the molecule is CC(C)(C)c1c(O[C@@]2(C)CCNC2)ccc(C(=O)O)c1N(C(=O)C(F)(F)F)C1CCOCC1. The van der Waals surface area contributed by atoms with E-state index in [1.165, 1.54) is 12.1 Å². The lowest BCUT2D eigenvalue weighted by atomic mass is 9.82. The van der Waals surface area contributed by atoms with Gasteiger partial charge in [-0.2, -0.15) is 13.2 Å². The maximum atomic E-state index is 13.8. The third-order valence-corrected chi connectivity index (χ3v) is 6.06. The highest BCUT2D eigenvalue weighted by molar-refractivity contribution is 6.06. The van der Waals surface area contributed by atoms with Crippen LogP contribution in [0.3, 0.4) is 0 Å². The number of anilines is 1. The highest BCUT2D eigenvalue weighted by Gasteiger charge is 2.48. The van der Waals surface area contributed by atoms with Gasteiger partial charge in [0.05, 0.1) is 11.3 Å². The molecule has 2 fully saturated rings. The van der Waals surface area contributed by atoms with E-state index in [9.17, 15) is 27.9 Å². The molecule has 2 heterocycles. The number of carbonyl (C=O) groups is 2. The molecule has 10 heteroatoms. The van der Waals surface area contributed by atoms with Gasteiger partial charge in [-0.1, -0.05) is 20.8 Å². The third kappa shape index (κ3) is 5.43. The Labute approximate surface area is 191 Å². The fourth-order valence-electron chi connectivity index (χ4n) is 4.48. The molecule has 2 aliphatic heterocycles. The zero-order valence-corrected chi connectivity index (χ0v) is 19.3. The normalized spacial score (nSPS) is 22.3. The Hall–Kier alpha value is -2.33. The zero-order valence-electron chi connectivity index (χ0n) is 19.3. The Morgan fingerprint density at radius 1 is 1.21 bits per heavy atom. The van der Waals surface area contributed by atoms with E-state index in [1.807, 2.05) is 6.92 Å². The molecule has 1 amide bonds. The zero-order chi connectivity index (χ0) is 24.6. The van der Waals surface area contributed by atoms with Gasteiger partial charge in [0.15, 0.2) is 0 Å². The quantitative estimate of drug-likeness (QED) is 0.676. The predicted molar refractivity (Wildman–Crippen MR) is 116 cm³/mol. The van der Waals surface area contributed by atoms with Gasteiger partial charge in [0, 0.05) is 37.8 Å². The average molecular weight is 473 g/mol. The number of nitrogens with one attached hydrogen (secondary N) is 1. The maximum Gasteiger partial charge on any atom is 0.471 e. The van der Waals surface area contributed by atoms with Gasteiger partial charge < -0.3 is 24.8 Å². The van der Waals surface area contributed by atoms with E-state index in [4.69, 9.17) is 9.47 Å². The number of benzene rings is 1. The van der Waals surface area contributed by atoms with Crippen molar-refractivity contribution in [3.05, 3.63) is 23.3 Å². The number of aromatic carboxylic acids is 1. The number of nitrogens with zero attached hydrogens (tertiary/aromatic N) is 1. The summed E-state index contributed by atoms with van der Waals surface area (Å²) >= 11 is 0. The lowest BCUT2D eigenvalue weighted by Crippen LogP contribution is -2.50. The topological polar surface area (TPSA) is 88.1 Å². The molecule has 2 aliphatic rings. The van der Waals surface area contributed by atoms with Crippen molar-refractivity contribution in [2.24, 2.45) is 0 Å². The second-order valence-electron chi connectivity index (χ2n) is 9.89. The Morgan fingerprint density at radius 3 is 2.33 bits per heavy atom. The Balaban J connectivity index is 2.29. The van der Waals surface area contributed by atoms with E-state index in [2.05, 4.69) is 5.32 Å². The molecule has 0 unspecified atom stereocenters. The van der Waals surface area contributed by atoms with Crippen LogP contribution in [0.5, 0.6) is 5.75 Å². The van der Waals surface area contributed by atoms with E-state index in [-0.39, 0.29) is 48.6 Å². The van der Waals surface area contributed by atoms with Gasteiger partial charge in [-0.25, -0.2) is 4.79 Å². The average Bonchev–Trinajstić information content (AvgIpc) is 3.13. The van der Waals surface area contributed by atoms with Crippen molar-refractivity contribution in [3.8, 4) is 5.75 Å². The first kappa shape index (κ1) is 25.3. The van der Waals surface area contributed by atoms with Crippen molar-refractivity contribution in [3.63, 3.8) is 0 Å². The van der Waals surface area contributed by atoms with Crippen molar-refractivity contribution in [1.82, 2.24) is 5.32 Å². The van der Waals surface area contributed by atoms with Gasteiger partial charge in [0.1, 0.15) is 11.4 Å². The molecular formula is C23H31F3N2O5. The summed E-state index contributed by atoms with van der Waals surface area (Å²) in [6.07, 6.45) is -4.17. The van der Waals surface area contributed by atoms with Gasteiger partial charge in [-0.05, 0) is 43.9 Å². The lowest BCUT2D eigenvalue weighted by Gasteiger charge is -2.40. The van der Waals surface area contributed by atoms with Gasteiger partial charge >= 0.3 is 18.1 Å². The maximum absolute atomic E-state index is 13.8. The molecule has 1 aromatic carbocycles. The molecule has 2 saturated heterocycles. The van der Waals surface area contributed by atoms with Gasteiger partial charge in [0.2, 0.25) is 0 Å². The van der Waals surface area contributed by atoms with Crippen LogP contribution in [-0.4, -0.2) is 61.1 Å². The van der Waals surface area contributed by atoms with Gasteiger partial charge in [-0.15, -0.1) is 0 Å². The van der Waals surface area contributed by atoms with Crippen LogP contribution in [0, 0.1) is 0 Å². The number of carbonyl (C=O) groups excluding carboxylic acids is 1. The largest absolute Gasteiger partial charge is 0.486 e. The van der Waals surface area contributed by atoms with E-state index in [0.29, 0.717) is 17.9 Å². The summed E-state index contributed by atoms with van der Waals surface area (Å²) in [5, 5.41) is 13.1. The van der Waals surface area contributed by atoms with Gasteiger partial charge in [-0.3, -0.25) is 4.79 Å². The standard InChI is InChI=1S/C23H31F3N2O5/c1-21(2,3)17-16(33-22(4)9-10-27-13-22)6-5-15(19(29)30)18(17)28(20(31)23(24,25)26)14-7-11-32-12-8-14/h5-6,14,27H,7-13H2,1-4H3,(H,29,30)/t22-/m0/s1. The molecule has 184 valence electrons. The summed E-state index contributed by atoms with van der Waals surface area (Å²) in [5.41, 5.74) is -1.80. The summed E-state index contributed by atoms with van der Waals surface area (Å²) in [6, 6.07) is 1.85. The van der Waals surface area contributed by atoms with Crippen molar-refractivity contribution in [2.45, 2.75) is 70.2 Å². The first-order valence-electron chi connectivity index (χ1n) is 11.0. The van der Waals surface area contributed by atoms with E-state index < -0.39 is 35.1 Å². The number of carboxylic acids is 1. The molecule has 7 nitrogen and oxygen atoms in total. The summed E-state index contributed by atoms with van der Waals surface area (Å²) in [6.45, 7) is 8.81. The minimum Gasteiger partial charge on any atom is -0.486 e. The molecule has 0 radical (unpaired) electrons. The van der Waals surface area contributed by atoms with Crippen LogP contribution < -0.4 is 15.0 Å². The van der Waals surface area contributed by atoms with Crippen LogP contribution >= 0.6 is 0 Å². The van der Waals surface area contributed by atoms with E-state index in [1.54, 1.807) is 20.8 Å². The molecule has 2 N–H and O–H groups in total. The first-order valence-corrected chi connectivity index (χ1v) is 11.0. The summed E-state index contributed by atoms with van der Waals surface area (Å²) in [7, 11) is 0. The molecule has 3 rings (SSSR count). The van der Waals surface area contributed by atoms with Gasteiger partial charge in [0.25, 0.3) is 0 Å². The molecule has 0 saturated carbocycles. The number of hydrogen-bond donors (Lipinski definition) is 2. The van der Waals surface area contributed by atoms with E-state index in [0.717, 1.165) is 6.54 Å². The molecule has 0 aromatic heterocycles. The van der Waals surface area contributed by atoms with Crippen molar-refractivity contribution < 1.29 is 37.3 Å². The Morgan fingerprint density at radius 2 is 1.85 bits per heavy atom. The number of halogens is 3. The number of rotatable bonds is 5. The highest BCUT2D eigenvalue weighted by atomic mass is 19.4. The van der Waals surface area contributed by atoms with Crippen molar-refractivity contribution >= 4 is 17.6 Å². The number of alkyl halides is 3. The molecular weight excluding hydrogens is 441 g/mol. The Bertz CT molecular complexity index is 899. The van der Waals surface area contributed by atoms with Crippen LogP contribution in [0.1, 0.15) is 62.9 Å². The van der Waals surface area contributed by atoms with Crippen LogP contribution in [0.25, 0.3) is 0 Å². The summed E-state index contributed by atoms with van der Waals surface area (Å²) in [5.74, 6) is -3.23. The van der Waals surface area contributed by atoms with Crippen molar-refractivity contribution in [1.29, 1.82) is 0 Å². The third-order valence-electron chi connectivity index (χ3n) is 6.06. The molecule has 0 bridgehead atoms. The summed E-state index contributed by atoms with van der Waals surface area (Å²) in [4.78, 5) is 25.6. The van der Waals surface area contributed by atoms with Crippen LogP contribution in [0.15, 0.2) is 12.1 Å². The van der Waals surface area contributed by atoms with Crippen molar-refractivity contribution in [2.75, 3.05) is 31.2 Å². The second kappa shape index (κ2) is 9.13. The van der Waals surface area contributed by atoms with E-state index >= 15 is 0 Å². The molecule has 33 heavy (non-hydrogen) atoms. The first-order chi connectivity index (χ1) is 15.2. The number of carboxylic acid groups (broad SMARTS) is 1. The highest BCUT2D eigenvalue weighted by Crippen LogP contribution is 2.45. The second-order valence-corrected chi connectivity index (χ2v) is 9.89. The van der Waals surface area contributed by atoms with Crippen LogP contribution in [0.2, 0.25) is 0 Å². The number of ether oxygens (including phenoxy) is 2. The predicted octanol–water partition coefficient (Wildman–Crippen LogP) is 3.89. The molecule has 1 aromatic rings. The summed E-state index contributed by atoms with van der Waals surface area (Å²) < 4.78 is 52.9. The van der Waals surface area contributed by atoms with Crippen LogP contribution in [0.4, 0.5) is 18.9 Å². The number of hydrogen-bond acceptors (Lipinski definition) is 5. The lowest BCUT2D eigenvalue weighted by molar-refractivity contribution is -0.171. The molecule has 0 spiro atoms. The Kier molecular flexibility index (Phi) is 7.00. The fourth-order valence-corrected chi connectivity index (χ4v) is 4.48. The molecule has 0 aliphatic carbocycles. The monoisotopic (exact) mass is 472 g/mol. The fraction of sp³-hybridized carbons (Fsp3) is 0.652.